The Kier molecular flexibility index (Phi) is 7.96. The van der Waals surface area contributed by atoms with Gasteiger partial charge in [0.25, 0.3) is 0 Å². The summed E-state index contributed by atoms with van der Waals surface area (Å²) in [6.07, 6.45) is 5.84. The molecule has 1 aromatic heterocycles. The number of likely N-dealkylation sites (tertiary alicyclic amines) is 1. The fourth-order valence-corrected chi connectivity index (χ4v) is 5.86. The molecule has 0 spiro atoms. The molecule has 0 unspecified atom stereocenters. The summed E-state index contributed by atoms with van der Waals surface area (Å²) in [6.45, 7) is 6.60. The number of fused-ring (bicyclic) bond motifs is 1. The molecule has 2 N–H and O–H groups in total. The van der Waals surface area contributed by atoms with Crippen molar-refractivity contribution in [3.63, 3.8) is 0 Å². The first-order chi connectivity index (χ1) is 18.3. The van der Waals surface area contributed by atoms with Crippen LogP contribution in [0.3, 0.4) is 0 Å². The third-order valence-electron chi connectivity index (χ3n) is 7.87. The van der Waals surface area contributed by atoms with Gasteiger partial charge in [0.1, 0.15) is 0 Å². The molecule has 5 rings (SSSR count). The van der Waals surface area contributed by atoms with Crippen molar-refractivity contribution in [2.45, 2.75) is 57.3 Å². The van der Waals surface area contributed by atoms with Crippen LogP contribution < -0.4 is 10.6 Å². The molecule has 38 heavy (non-hydrogen) atoms. The zero-order valence-electron chi connectivity index (χ0n) is 22.1. The summed E-state index contributed by atoms with van der Waals surface area (Å²) in [4.78, 5) is 23.9. The van der Waals surface area contributed by atoms with Crippen LogP contribution in [0.15, 0.2) is 48.7 Å². The van der Waals surface area contributed by atoms with E-state index in [2.05, 4.69) is 50.8 Å². The predicted molar refractivity (Wildman–Crippen MR) is 151 cm³/mol. The monoisotopic (exact) mass is 535 g/mol. The number of hydrogen-bond donors (Lipinski definition) is 2. The van der Waals surface area contributed by atoms with E-state index in [4.69, 9.17) is 16.6 Å². The Morgan fingerprint density at radius 1 is 1.13 bits per heavy atom. The van der Waals surface area contributed by atoms with E-state index in [-0.39, 0.29) is 12.6 Å². The highest BCUT2D eigenvalue weighted by Crippen LogP contribution is 2.40. The first-order valence-electron chi connectivity index (χ1n) is 13.5. The minimum Gasteiger partial charge on any atom is -0.325 e. The number of anilines is 3. The normalized spacial score (nSPS) is 17.3. The lowest BCUT2D eigenvalue weighted by Gasteiger charge is -2.32. The Morgan fingerprint density at radius 3 is 2.63 bits per heavy atom. The van der Waals surface area contributed by atoms with E-state index in [9.17, 15) is 9.18 Å². The van der Waals surface area contributed by atoms with Crippen LogP contribution in [0.4, 0.5) is 21.7 Å². The van der Waals surface area contributed by atoms with E-state index in [0.717, 1.165) is 67.1 Å². The average molecular weight is 536 g/mol. The van der Waals surface area contributed by atoms with Crippen molar-refractivity contribution in [2.24, 2.45) is 0 Å². The molecule has 2 aliphatic heterocycles. The van der Waals surface area contributed by atoms with E-state index in [1.807, 2.05) is 26.0 Å². The van der Waals surface area contributed by atoms with Crippen LogP contribution in [0.2, 0.25) is 5.02 Å². The number of carbonyl (C=O) groups excluding carboxylic acids is 1. The maximum Gasteiger partial charge on any atom is 0.234 e. The second-order valence-corrected chi connectivity index (χ2v) is 11.2. The van der Waals surface area contributed by atoms with Crippen LogP contribution in [0.1, 0.15) is 61.4 Å². The molecule has 1 saturated heterocycles. The number of nitrogens with zero attached hydrogens (tertiary/aromatic N) is 3. The second kappa shape index (κ2) is 11.4. The van der Waals surface area contributed by atoms with Crippen molar-refractivity contribution >= 4 is 34.8 Å². The minimum atomic E-state index is -0.563. The summed E-state index contributed by atoms with van der Waals surface area (Å²) < 4.78 is 12.5. The summed E-state index contributed by atoms with van der Waals surface area (Å²) in [5.41, 5.74) is 5.54. The molecule has 2 aliphatic rings. The number of aromatic nitrogens is 2. The maximum atomic E-state index is 12.5. The van der Waals surface area contributed by atoms with Crippen molar-refractivity contribution in [1.82, 2.24) is 14.9 Å². The fraction of sp³-hybridized carbons (Fsp3) is 0.433. The lowest BCUT2D eigenvalue weighted by molar-refractivity contribution is -0.119. The number of aryl methyl sites for hydroxylation is 2. The van der Waals surface area contributed by atoms with Crippen molar-refractivity contribution in [1.29, 1.82) is 0 Å². The Bertz CT molecular complexity index is 1290. The lowest BCUT2D eigenvalue weighted by atomic mass is 9.82. The first-order valence-corrected chi connectivity index (χ1v) is 13.8. The fourth-order valence-electron chi connectivity index (χ4n) is 5.67. The van der Waals surface area contributed by atoms with E-state index in [1.54, 1.807) is 6.20 Å². The van der Waals surface area contributed by atoms with Crippen LogP contribution in [-0.2, 0) is 23.1 Å². The highest BCUT2D eigenvalue weighted by atomic mass is 35.5. The molecule has 6 nitrogen and oxygen atoms in total. The third-order valence-corrected chi connectivity index (χ3v) is 8.19. The van der Waals surface area contributed by atoms with Gasteiger partial charge in [-0.2, -0.15) is 0 Å². The number of benzene rings is 2. The van der Waals surface area contributed by atoms with Gasteiger partial charge >= 0.3 is 0 Å². The molecule has 1 fully saturated rings. The van der Waals surface area contributed by atoms with Crippen LogP contribution in [-0.4, -0.2) is 47.1 Å². The van der Waals surface area contributed by atoms with E-state index in [0.29, 0.717) is 29.7 Å². The predicted octanol–water partition coefficient (Wildman–Crippen LogP) is 6.43. The highest BCUT2D eigenvalue weighted by molar-refractivity contribution is 6.31. The standard InChI is InChI=1S/C30H35ClFN5O/c1-30(2)27-22(5-3-6-26(27)35-28(30)38)9-12-25-24(31)19-33-29(36-25)34-23-10-7-20(8-11-23)21-13-17-37(18-14-21)16-4-15-32/h3,5-8,10-11,19,21H,4,9,12-18H2,1-2H3,(H,35,38)(H,33,34,36). The average Bonchev–Trinajstić information content (AvgIpc) is 3.16. The Morgan fingerprint density at radius 2 is 1.89 bits per heavy atom. The highest BCUT2D eigenvalue weighted by Gasteiger charge is 2.39. The molecule has 0 atom stereocenters. The van der Waals surface area contributed by atoms with Crippen LogP contribution in [0.5, 0.6) is 0 Å². The molecule has 0 radical (unpaired) electrons. The zero-order chi connectivity index (χ0) is 26.7. The van der Waals surface area contributed by atoms with Crippen molar-refractivity contribution in [2.75, 3.05) is 36.9 Å². The molecule has 1 amide bonds. The lowest BCUT2D eigenvalue weighted by Crippen LogP contribution is -2.33. The number of carbonyl (C=O) groups is 1. The van der Waals surface area contributed by atoms with Crippen LogP contribution in [0, 0.1) is 0 Å². The Labute approximate surface area is 229 Å². The van der Waals surface area contributed by atoms with Crippen LogP contribution >= 0.6 is 11.6 Å². The van der Waals surface area contributed by atoms with Gasteiger partial charge in [-0.1, -0.05) is 35.9 Å². The number of rotatable bonds is 9. The summed E-state index contributed by atoms with van der Waals surface area (Å²) in [5.74, 6) is 1.07. The molecule has 3 aromatic rings. The number of piperidine rings is 1. The van der Waals surface area contributed by atoms with E-state index < -0.39 is 5.41 Å². The van der Waals surface area contributed by atoms with Gasteiger partial charge in [0, 0.05) is 17.9 Å². The molecule has 0 bridgehead atoms. The molecule has 3 heterocycles. The molecule has 0 aliphatic carbocycles. The van der Waals surface area contributed by atoms with Gasteiger partial charge < -0.3 is 15.5 Å². The maximum absolute atomic E-state index is 12.5. The summed E-state index contributed by atoms with van der Waals surface area (Å²) in [7, 11) is 0. The van der Waals surface area contributed by atoms with Gasteiger partial charge in [-0.05, 0) is 99.8 Å². The number of alkyl halides is 1. The van der Waals surface area contributed by atoms with Crippen LogP contribution in [0.25, 0.3) is 0 Å². The number of halogens is 2. The zero-order valence-corrected chi connectivity index (χ0v) is 22.8. The van der Waals surface area contributed by atoms with Gasteiger partial charge in [0.15, 0.2) is 0 Å². The van der Waals surface area contributed by atoms with E-state index >= 15 is 0 Å². The van der Waals surface area contributed by atoms with Gasteiger partial charge in [-0.25, -0.2) is 9.97 Å². The molecular formula is C30H35ClFN5O. The van der Waals surface area contributed by atoms with E-state index in [1.165, 1.54) is 5.56 Å². The topological polar surface area (TPSA) is 70.2 Å². The molecule has 8 heteroatoms. The first kappa shape index (κ1) is 26.6. The van der Waals surface area contributed by atoms with Gasteiger partial charge in [-0.3, -0.25) is 9.18 Å². The largest absolute Gasteiger partial charge is 0.325 e. The second-order valence-electron chi connectivity index (χ2n) is 10.8. The molecule has 200 valence electrons. The molecule has 2 aromatic carbocycles. The van der Waals surface area contributed by atoms with Gasteiger partial charge in [-0.15, -0.1) is 0 Å². The van der Waals surface area contributed by atoms with Crippen molar-refractivity contribution < 1.29 is 9.18 Å². The van der Waals surface area contributed by atoms with Gasteiger partial charge in [0.2, 0.25) is 11.9 Å². The molecular weight excluding hydrogens is 501 g/mol. The quantitative estimate of drug-likeness (QED) is 0.330. The Hall–Kier alpha value is -3.03. The summed E-state index contributed by atoms with van der Waals surface area (Å²) in [5, 5.41) is 6.84. The van der Waals surface area contributed by atoms with Crippen molar-refractivity contribution in [3.8, 4) is 0 Å². The minimum absolute atomic E-state index is 0.0246. The third kappa shape index (κ3) is 5.69. The van der Waals surface area contributed by atoms with Gasteiger partial charge in [0.05, 0.1) is 29.0 Å². The number of amides is 1. The Balaban J connectivity index is 1.22. The smallest absolute Gasteiger partial charge is 0.234 e. The summed E-state index contributed by atoms with van der Waals surface area (Å²) in [6, 6.07) is 14.5. The number of hydrogen-bond acceptors (Lipinski definition) is 5. The molecule has 0 saturated carbocycles. The summed E-state index contributed by atoms with van der Waals surface area (Å²) >= 11 is 6.47. The SMILES string of the molecule is CC1(C)C(=O)Nc2cccc(CCc3nc(Nc4ccc(C5CCN(CCCF)CC5)cc4)ncc3Cl)c21. The van der Waals surface area contributed by atoms with Crippen molar-refractivity contribution in [3.05, 3.63) is 76.1 Å². The number of nitrogens with one attached hydrogen (secondary N) is 2.